The summed E-state index contributed by atoms with van der Waals surface area (Å²) in [6, 6.07) is 0. The number of halogens is 1. The maximum atomic E-state index is 11.9. The summed E-state index contributed by atoms with van der Waals surface area (Å²) in [7, 11) is 0. The summed E-state index contributed by atoms with van der Waals surface area (Å²) >= 11 is 1.30. The van der Waals surface area contributed by atoms with Crippen LogP contribution < -0.4 is 5.73 Å². The van der Waals surface area contributed by atoms with Gasteiger partial charge in [-0.25, -0.2) is 4.98 Å². The van der Waals surface area contributed by atoms with Gasteiger partial charge in [0.25, 0.3) is 5.91 Å². The number of morpholine rings is 1. The quantitative estimate of drug-likeness (QED) is 0.871. The molecule has 0 radical (unpaired) electrons. The third-order valence-electron chi connectivity index (χ3n) is 2.94. The van der Waals surface area contributed by atoms with E-state index in [1.807, 2.05) is 4.90 Å². The first-order valence-corrected chi connectivity index (χ1v) is 7.08. The van der Waals surface area contributed by atoms with Crippen LogP contribution in [0, 0.1) is 0 Å². The average molecular weight is 320 g/mol. The van der Waals surface area contributed by atoms with E-state index in [0.29, 0.717) is 44.0 Å². The Balaban J connectivity index is 0.00000200. The number of nitrogens with zero attached hydrogens (tertiary/aromatic N) is 2. The van der Waals surface area contributed by atoms with Crippen LogP contribution in [0.3, 0.4) is 0 Å². The predicted octanol–water partition coefficient (Wildman–Crippen LogP) is 0.845. The molecule has 1 fully saturated rings. The van der Waals surface area contributed by atoms with Crippen molar-refractivity contribution in [3.8, 4) is 0 Å². The molecule has 2 amide bonds. The number of aromatic nitrogens is 1. The SMILES string of the molecule is Cl.NC(=O)c1cnc(CCCC(=O)N2CCOCC2)s1. The van der Waals surface area contributed by atoms with E-state index < -0.39 is 5.91 Å². The molecule has 8 heteroatoms. The lowest BCUT2D eigenvalue weighted by atomic mass is 10.2. The topological polar surface area (TPSA) is 85.5 Å². The second-order valence-electron chi connectivity index (χ2n) is 4.33. The number of nitrogens with two attached hydrogens (primary N) is 1. The second kappa shape index (κ2) is 8.18. The Morgan fingerprint density at radius 1 is 1.40 bits per heavy atom. The van der Waals surface area contributed by atoms with Crippen molar-refractivity contribution in [1.29, 1.82) is 0 Å². The molecule has 0 atom stereocenters. The number of carbonyl (C=O) groups is 2. The molecule has 1 saturated heterocycles. The zero-order valence-electron chi connectivity index (χ0n) is 11.0. The van der Waals surface area contributed by atoms with Crippen molar-refractivity contribution in [2.75, 3.05) is 26.3 Å². The molecule has 0 aliphatic carbocycles. The van der Waals surface area contributed by atoms with Gasteiger partial charge in [-0.3, -0.25) is 9.59 Å². The minimum Gasteiger partial charge on any atom is -0.378 e. The lowest BCUT2D eigenvalue weighted by molar-refractivity contribution is -0.135. The third kappa shape index (κ3) is 4.73. The maximum absolute atomic E-state index is 11.9. The highest BCUT2D eigenvalue weighted by Crippen LogP contribution is 2.15. The first-order valence-electron chi connectivity index (χ1n) is 6.27. The van der Waals surface area contributed by atoms with Crippen LogP contribution in [0.2, 0.25) is 0 Å². The number of hydrogen-bond acceptors (Lipinski definition) is 5. The summed E-state index contributed by atoms with van der Waals surface area (Å²) in [6.07, 6.45) is 3.44. The molecule has 112 valence electrons. The number of amides is 2. The van der Waals surface area contributed by atoms with Crippen molar-refractivity contribution in [3.63, 3.8) is 0 Å². The van der Waals surface area contributed by atoms with Gasteiger partial charge in [-0.05, 0) is 12.8 Å². The fraction of sp³-hybridized carbons (Fsp3) is 0.583. The highest BCUT2D eigenvalue weighted by atomic mass is 35.5. The summed E-state index contributed by atoms with van der Waals surface area (Å²) in [5.74, 6) is -0.289. The molecule has 0 spiro atoms. The smallest absolute Gasteiger partial charge is 0.260 e. The van der Waals surface area contributed by atoms with Gasteiger partial charge in [0, 0.05) is 19.5 Å². The van der Waals surface area contributed by atoms with Gasteiger partial charge in [0.15, 0.2) is 0 Å². The maximum Gasteiger partial charge on any atom is 0.260 e. The number of rotatable bonds is 5. The fourth-order valence-electron chi connectivity index (χ4n) is 1.90. The summed E-state index contributed by atoms with van der Waals surface area (Å²) in [5, 5.41) is 0.851. The van der Waals surface area contributed by atoms with Crippen LogP contribution in [0.25, 0.3) is 0 Å². The number of ether oxygens (including phenoxy) is 1. The molecule has 1 aliphatic heterocycles. The van der Waals surface area contributed by atoms with Crippen molar-refractivity contribution >= 4 is 35.6 Å². The Morgan fingerprint density at radius 3 is 2.70 bits per heavy atom. The summed E-state index contributed by atoms with van der Waals surface area (Å²) in [4.78, 5) is 29.2. The monoisotopic (exact) mass is 319 g/mol. The Bertz CT molecular complexity index is 461. The fourth-order valence-corrected chi connectivity index (χ4v) is 2.71. The zero-order chi connectivity index (χ0) is 13.7. The Morgan fingerprint density at radius 2 is 2.10 bits per heavy atom. The van der Waals surface area contributed by atoms with E-state index in [0.717, 1.165) is 11.4 Å². The largest absolute Gasteiger partial charge is 0.378 e. The molecule has 20 heavy (non-hydrogen) atoms. The molecule has 0 unspecified atom stereocenters. The van der Waals surface area contributed by atoms with Gasteiger partial charge in [0.05, 0.1) is 24.4 Å². The first-order chi connectivity index (χ1) is 9.16. The summed E-state index contributed by atoms with van der Waals surface area (Å²) in [5.41, 5.74) is 5.16. The molecule has 1 aromatic rings. The van der Waals surface area contributed by atoms with E-state index >= 15 is 0 Å². The molecule has 2 heterocycles. The predicted molar refractivity (Wildman–Crippen MR) is 78.2 cm³/mol. The van der Waals surface area contributed by atoms with Gasteiger partial charge < -0.3 is 15.4 Å². The molecule has 1 aromatic heterocycles. The van der Waals surface area contributed by atoms with Gasteiger partial charge in [-0.2, -0.15) is 0 Å². The Labute approximate surface area is 127 Å². The molecule has 0 aromatic carbocycles. The van der Waals surface area contributed by atoms with Crippen molar-refractivity contribution < 1.29 is 14.3 Å². The number of primary amides is 1. The highest BCUT2D eigenvalue weighted by Gasteiger charge is 2.16. The van der Waals surface area contributed by atoms with Gasteiger partial charge in [-0.1, -0.05) is 0 Å². The molecule has 0 bridgehead atoms. The third-order valence-corrected chi connectivity index (χ3v) is 4.01. The van der Waals surface area contributed by atoms with Gasteiger partial charge in [0.2, 0.25) is 5.91 Å². The van der Waals surface area contributed by atoms with E-state index in [9.17, 15) is 9.59 Å². The van der Waals surface area contributed by atoms with Crippen LogP contribution >= 0.6 is 23.7 Å². The van der Waals surface area contributed by atoms with Crippen LogP contribution in [0.5, 0.6) is 0 Å². The zero-order valence-corrected chi connectivity index (χ0v) is 12.7. The van der Waals surface area contributed by atoms with Crippen molar-refractivity contribution in [1.82, 2.24) is 9.88 Å². The second-order valence-corrected chi connectivity index (χ2v) is 5.44. The molecule has 6 nitrogen and oxygen atoms in total. The summed E-state index contributed by atoms with van der Waals surface area (Å²) in [6.45, 7) is 2.62. The number of thiazole rings is 1. The molecular weight excluding hydrogens is 302 g/mol. The van der Waals surface area contributed by atoms with Gasteiger partial charge in [-0.15, -0.1) is 23.7 Å². The van der Waals surface area contributed by atoms with Crippen LogP contribution in [0.1, 0.15) is 27.5 Å². The van der Waals surface area contributed by atoms with E-state index in [4.69, 9.17) is 10.5 Å². The standard InChI is InChI=1S/C12H17N3O3S.ClH/c13-12(17)9-8-14-10(19-9)2-1-3-11(16)15-4-6-18-7-5-15;/h8H,1-7H2,(H2,13,17);1H. The Kier molecular flexibility index (Phi) is 6.90. The molecule has 1 aliphatic rings. The normalized spacial score (nSPS) is 14.7. The van der Waals surface area contributed by atoms with E-state index in [1.165, 1.54) is 17.5 Å². The van der Waals surface area contributed by atoms with Crippen LogP contribution in [-0.2, 0) is 16.0 Å². The minimum atomic E-state index is -0.451. The van der Waals surface area contributed by atoms with Crippen molar-refractivity contribution in [2.24, 2.45) is 5.73 Å². The summed E-state index contributed by atoms with van der Waals surface area (Å²) < 4.78 is 5.20. The van der Waals surface area contributed by atoms with E-state index in [-0.39, 0.29) is 18.3 Å². The van der Waals surface area contributed by atoms with E-state index in [1.54, 1.807) is 0 Å². The molecular formula is C12H18ClN3O3S. The van der Waals surface area contributed by atoms with Crippen molar-refractivity contribution in [2.45, 2.75) is 19.3 Å². The van der Waals surface area contributed by atoms with Crippen molar-refractivity contribution in [3.05, 3.63) is 16.1 Å². The lowest BCUT2D eigenvalue weighted by Gasteiger charge is -2.26. The number of hydrogen-bond donors (Lipinski definition) is 1. The van der Waals surface area contributed by atoms with Gasteiger partial charge >= 0.3 is 0 Å². The highest BCUT2D eigenvalue weighted by molar-refractivity contribution is 7.13. The first kappa shape index (κ1) is 16.9. The number of aryl methyl sites for hydroxylation is 1. The lowest BCUT2D eigenvalue weighted by Crippen LogP contribution is -2.40. The van der Waals surface area contributed by atoms with Crippen LogP contribution in [0.15, 0.2) is 6.20 Å². The van der Waals surface area contributed by atoms with E-state index in [2.05, 4.69) is 4.98 Å². The van der Waals surface area contributed by atoms with Crippen LogP contribution in [0.4, 0.5) is 0 Å². The molecule has 2 rings (SSSR count). The minimum absolute atomic E-state index is 0. The molecule has 0 saturated carbocycles. The average Bonchev–Trinajstić information content (AvgIpc) is 2.89. The Hall–Kier alpha value is -1.18. The van der Waals surface area contributed by atoms with Gasteiger partial charge in [0.1, 0.15) is 4.88 Å². The molecule has 2 N–H and O–H groups in total. The number of carbonyl (C=O) groups excluding carboxylic acids is 2. The van der Waals surface area contributed by atoms with Crippen LogP contribution in [-0.4, -0.2) is 48.0 Å².